The summed E-state index contributed by atoms with van der Waals surface area (Å²) in [5.41, 5.74) is 1.93. The molecular formula is C16H22N2O. The van der Waals surface area contributed by atoms with E-state index < -0.39 is 0 Å². The van der Waals surface area contributed by atoms with E-state index in [1.807, 2.05) is 24.3 Å². The van der Waals surface area contributed by atoms with Crippen molar-refractivity contribution < 1.29 is 4.79 Å². The van der Waals surface area contributed by atoms with Gasteiger partial charge in [-0.1, -0.05) is 0 Å². The Morgan fingerprint density at radius 2 is 2.00 bits per heavy atom. The highest BCUT2D eigenvalue weighted by Gasteiger charge is 2.31. The van der Waals surface area contributed by atoms with Crippen LogP contribution in [0.1, 0.15) is 43.0 Å². The lowest BCUT2D eigenvalue weighted by atomic mass is 9.97. The van der Waals surface area contributed by atoms with E-state index in [1.54, 1.807) is 6.92 Å². The first kappa shape index (κ1) is 12.7. The summed E-state index contributed by atoms with van der Waals surface area (Å²) in [7, 11) is 0. The molecule has 2 heterocycles. The highest BCUT2D eigenvalue weighted by Crippen LogP contribution is 2.28. The second-order valence-electron chi connectivity index (χ2n) is 5.83. The minimum atomic E-state index is 0.130. The second kappa shape index (κ2) is 5.33. The van der Waals surface area contributed by atoms with Gasteiger partial charge in [0.15, 0.2) is 5.78 Å². The number of ketones is 1. The van der Waals surface area contributed by atoms with E-state index in [0.717, 1.165) is 17.3 Å². The van der Waals surface area contributed by atoms with Crippen LogP contribution >= 0.6 is 0 Å². The van der Waals surface area contributed by atoms with Crippen LogP contribution in [0.2, 0.25) is 0 Å². The Morgan fingerprint density at radius 3 is 2.74 bits per heavy atom. The third-order valence-electron chi connectivity index (χ3n) is 4.48. The molecule has 2 aliphatic rings. The lowest BCUT2D eigenvalue weighted by Crippen LogP contribution is -2.42. The van der Waals surface area contributed by atoms with Gasteiger partial charge in [0.2, 0.25) is 0 Å². The highest BCUT2D eigenvalue weighted by atomic mass is 16.1. The zero-order valence-electron chi connectivity index (χ0n) is 11.6. The predicted octanol–water partition coefficient (Wildman–Crippen LogP) is 2.93. The zero-order valence-corrected chi connectivity index (χ0v) is 11.6. The van der Waals surface area contributed by atoms with Gasteiger partial charge in [-0.3, -0.25) is 4.79 Å². The monoisotopic (exact) mass is 258 g/mol. The van der Waals surface area contributed by atoms with Crippen molar-refractivity contribution in [2.75, 3.05) is 18.4 Å². The molecule has 19 heavy (non-hydrogen) atoms. The molecule has 102 valence electrons. The number of fused-ring (bicyclic) bond motifs is 1. The van der Waals surface area contributed by atoms with Crippen LogP contribution < -0.4 is 5.32 Å². The molecule has 2 unspecified atom stereocenters. The zero-order chi connectivity index (χ0) is 13.2. The number of carbonyl (C=O) groups excluding carboxylic acids is 1. The summed E-state index contributed by atoms with van der Waals surface area (Å²) < 4.78 is 0. The van der Waals surface area contributed by atoms with Crippen LogP contribution in [0.5, 0.6) is 0 Å². The Hall–Kier alpha value is -1.35. The van der Waals surface area contributed by atoms with Crippen molar-refractivity contribution in [1.29, 1.82) is 0 Å². The van der Waals surface area contributed by atoms with Gasteiger partial charge in [0.1, 0.15) is 0 Å². The van der Waals surface area contributed by atoms with Crippen molar-refractivity contribution in [2.24, 2.45) is 0 Å². The quantitative estimate of drug-likeness (QED) is 0.846. The van der Waals surface area contributed by atoms with Gasteiger partial charge in [0, 0.05) is 29.9 Å². The molecule has 2 saturated heterocycles. The smallest absolute Gasteiger partial charge is 0.159 e. The third-order valence-corrected chi connectivity index (χ3v) is 4.48. The molecule has 1 aromatic rings. The molecule has 2 aliphatic heterocycles. The Bertz CT molecular complexity index is 454. The number of hydrogen-bond acceptors (Lipinski definition) is 3. The van der Waals surface area contributed by atoms with Gasteiger partial charge in [-0.05, 0) is 63.4 Å². The first-order valence-electron chi connectivity index (χ1n) is 7.34. The molecule has 2 fully saturated rings. The number of nitrogens with zero attached hydrogens (tertiary/aromatic N) is 1. The molecule has 0 saturated carbocycles. The van der Waals surface area contributed by atoms with E-state index in [4.69, 9.17) is 0 Å². The standard InChI is InChI=1S/C16H22N2O/c1-12(19)13-4-6-14(7-5-13)17-15-8-10-18-9-2-3-16(18)11-15/h4-7,15-17H,2-3,8-11H2,1H3. The molecule has 0 aromatic heterocycles. The number of hydrogen-bond donors (Lipinski definition) is 1. The van der Waals surface area contributed by atoms with Gasteiger partial charge >= 0.3 is 0 Å². The molecule has 0 aliphatic carbocycles. The van der Waals surface area contributed by atoms with E-state index in [-0.39, 0.29) is 5.78 Å². The van der Waals surface area contributed by atoms with Gasteiger partial charge in [0.25, 0.3) is 0 Å². The Morgan fingerprint density at radius 1 is 1.21 bits per heavy atom. The predicted molar refractivity (Wildman–Crippen MR) is 77.7 cm³/mol. The Balaban J connectivity index is 1.60. The third kappa shape index (κ3) is 2.81. The van der Waals surface area contributed by atoms with Crippen LogP contribution in [-0.2, 0) is 0 Å². The van der Waals surface area contributed by atoms with E-state index in [1.165, 1.54) is 38.8 Å². The molecule has 0 bridgehead atoms. The molecular weight excluding hydrogens is 236 g/mol. The van der Waals surface area contributed by atoms with E-state index in [2.05, 4.69) is 10.2 Å². The summed E-state index contributed by atoms with van der Waals surface area (Å²) in [6.45, 7) is 4.14. The summed E-state index contributed by atoms with van der Waals surface area (Å²) in [6.07, 6.45) is 5.21. The van der Waals surface area contributed by atoms with Crippen LogP contribution in [-0.4, -0.2) is 35.9 Å². The first-order chi connectivity index (χ1) is 9.22. The number of Topliss-reactive ketones (excluding diaryl/α,β-unsaturated/α-hetero) is 1. The fourth-order valence-corrected chi connectivity index (χ4v) is 3.39. The molecule has 2 atom stereocenters. The van der Waals surface area contributed by atoms with Crippen molar-refractivity contribution in [3.63, 3.8) is 0 Å². The minimum absolute atomic E-state index is 0.130. The Labute approximate surface area is 115 Å². The summed E-state index contributed by atoms with van der Waals surface area (Å²) in [5, 5.41) is 3.62. The highest BCUT2D eigenvalue weighted by molar-refractivity contribution is 5.94. The average Bonchev–Trinajstić information content (AvgIpc) is 2.87. The summed E-state index contributed by atoms with van der Waals surface area (Å²) in [4.78, 5) is 13.9. The van der Waals surface area contributed by atoms with E-state index in [9.17, 15) is 4.79 Å². The summed E-state index contributed by atoms with van der Waals surface area (Å²) in [5.74, 6) is 0.130. The summed E-state index contributed by atoms with van der Waals surface area (Å²) >= 11 is 0. The molecule has 3 rings (SSSR count). The average molecular weight is 258 g/mol. The van der Waals surface area contributed by atoms with E-state index >= 15 is 0 Å². The number of anilines is 1. The van der Waals surface area contributed by atoms with Gasteiger partial charge in [0.05, 0.1) is 0 Å². The first-order valence-corrected chi connectivity index (χ1v) is 7.34. The number of rotatable bonds is 3. The number of piperidine rings is 1. The summed E-state index contributed by atoms with van der Waals surface area (Å²) in [6, 6.07) is 9.26. The number of benzene rings is 1. The van der Waals surface area contributed by atoms with Gasteiger partial charge in [-0.2, -0.15) is 0 Å². The fraction of sp³-hybridized carbons (Fsp3) is 0.562. The molecule has 0 radical (unpaired) electrons. The van der Waals surface area contributed by atoms with Crippen LogP contribution in [0.25, 0.3) is 0 Å². The number of nitrogens with one attached hydrogen (secondary N) is 1. The SMILES string of the molecule is CC(=O)c1ccc(NC2CCN3CCCC3C2)cc1. The molecule has 3 heteroatoms. The van der Waals surface area contributed by atoms with E-state index in [0.29, 0.717) is 6.04 Å². The Kier molecular flexibility index (Phi) is 3.56. The van der Waals surface area contributed by atoms with Crippen molar-refractivity contribution in [1.82, 2.24) is 4.90 Å². The molecule has 0 amide bonds. The second-order valence-corrected chi connectivity index (χ2v) is 5.83. The lowest BCUT2D eigenvalue weighted by Gasteiger charge is -2.35. The fourth-order valence-electron chi connectivity index (χ4n) is 3.39. The topological polar surface area (TPSA) is 32.3 Å². The van der Waals surface area contributed by atoms with Crippen LogP contribution in [0.3, 0.4) is 0 Å². The lowest BCUT2D eigenvalue weighted by molar-refractivity contribution is 0.101. The van der Waals surface area contributed by atoms with Crippen LogP contribution in [0, 0.1) is 0 Å². The molecule has 1 N–H and O–H groups in total. The van der Waals surface area contributed by atoms with Gasteiger partial charge in [-0.25, -0.2) is 0 Å². The van der Waals surface area contributed by atoms with Gasteiger partial charge in [-0.15, -0.1) is 0 Å². The van der Waals surface area contributed by atoms with Gasteiger partial charge < -0.3 is 10.2 Å². The molecule has 0 spiro atoms. The van der Waals surface area contributed by atoms with Crippen LogP contribution in [0.15, 0.2) is 24.3 Å². The minimum Gasteiger partial charge on any atom is -0.382 e. The molecule has 3 nitrogen and oxygen atoms in total. The van der Waals surface area contributed by atoms with Crippen LogP contribution in [0.4, 0.5) is 5.69 Å². The maximum Gasteiger partial charge on any atom is 0.159 e. The largest absolute Gasteiger partial charge is 0.382 e. The maximum atomic E-state index is 11.2. The maximum absolute atomic E-state index is 11.2. The number of carbonyl (C=O) groups is 1. The van der Waals surface area contributed by atoms with Crippen molar-refractivity contribution in [3.05, 3.63) is 29.8 Å². The normalized spacial score (nSPS) is 27.0. The van der Waals surface area contributed by atoms with Crippen molar-refractivity contribution >= 4 is 11.5 Å². The molecule has 1 aromatic carbocycles. The van der Waals surface area contributed by atoms with Crippen molar-refractivity contribution in [3.8, 4) is 0 Å². The van der Waals surface area contributed by atoms with Crippen molar-refractivity contribution in [2.45, 2.75) is 44.7 Å².